The highest BCUT2D eigenvalue weighted by Crippen LogP contribution is 2.22. The Balaban J connectivity index is 1.63. The first-order valence-electron chi connectivity index (χ1n) is 7.27. The van der Waals surface area contributed by atoms with Gasteiger partial charge in [-0.2, -0.15) is 0 Å². The Morgan fingerprint density at radius 1 is 1.24 bits per heavy atom. The van der Waals surface area contributed by atoms with Crippen LogP contribution in [-0.4, -0.2) is 45.3 Å². The van der Waals surface area contributed by atoms with Crippen LogP contribution in [0.1, 0.15) is 12.0 Å². The van der Waals surface area contributed by atoms with E-state index >= 15 is 0 Å². The molecule has 2 rings (SSSR count). The lowest BCUT2D eigenvalue weighted by molar-refractivity contribution is -0.908. The molecule has 0 saturated carbocycles. The maximum Gasteiger partial charge on any atom is 0.224 e. The van der Waals surface area contributed by atoms with Gasteiger partial charge in [0.05, 0.1) is 36.2 Å². The van der Waals surface area contributed by atoms with E-state index in [9.17, 15) is 4.79 Å². The van der Waals surface area contributed by atoms with Crippen molar-refractivity contribution in [2.75, 3.05) is 39.4 Å². The summed E-state index contributed by atoms with van der Waals surface area (Å²) < 4.78 is 5.32. The smallest absolute Gasteiger partial charge is 0.224 e. The van der Waals surface area contributed by atoms with Crippen LogP contribution in [0.25, 0.3) is 0 Å². The first-order chi connectivity index (χ1) is 10.1. The number of amides is 1. The number of quaternary nitrogens is 1. The lowest BCUT2D eigenvalue weighted by Crippen LogP contribution is -3.14. The number of halogens is 2. The van der Waals surface area contributed by atoms with Gasteiger partial charge in [-0.3, -0.25) is 4.79 Å². The van der Waals surface area contributed by atoms with Crippen LogP contribution < -0.4 is 10.2 Å². The number of nitrogens with one attached hydrogen (secondary N) is 2. The fourth-order valence-corrected chi connectivity index (χ4v) is 2.69. The number of morpholine rings is 1. The molecule has 1 aromatic rings. The van der Waals surface area contributed by atoms with Gasteiger partial charge in [-0.15, -0.1) is 0 Å². The van der Waals surface area contributed by atoms with Gasteiger partial charge in [-0.05, 0) is 17.7 Å². The van der Waals surface area contributed by atoms with Gasteiger partial charge in [0.1, 0.15) is 13.1 Å². The predicted molar refractivity (Wildman–Crippen MR) is 84.2 cm³/mol. The number of hydrogen-bond donors (Lipinski definition) is 2. The third kappa shape index (κ3) is 5.83. The molecule has 1 aromatic carbocycles. The molecule has 6 heteroatoms. The van der Waals surface area contributed by atoms with Gasteiger partial charge in [0, 0.05) is 13.0 Å². The Labute approximate surface area is 135 Å². The summed E-state index contributed by atoms with van der Waals surface area (Å²) in [5, 5.41) is 3.94. The SMILES string of the molecule is O=C(Cc1ccc(Cl)c(Cl)c1)NCCC[NH+]1CCOCC1. The van der Waals surface area contributed by atoms with E-state index in [2.05, 4.69) is 5.32 Å². The summed E-state index contributed by atoms with van der Waals surface area (Å²) in [6, 6.07) is 5.28. The van der Waals surface area contributed by atoms with Gasteiger partial charge >= 0.3 is 0 Å². The summed E-state index contributed by atoms with van der Waals surface area (Å²) in [5.41, 5.74) is 0.876. The van der Waals surface area contributed by atoms with Crippen LogP contribution in [0.4, 0.5) is 0 Å². The molecule has 0 aromatic heterocycles. The maximum absolute atomic E-state index is 11.8. The summed E-state index contributed by atoms with van der Waals surface area (Å²) in [6.07, 6.45) is 1.32. The van der Waals surface area contributed by atoms with Crippen molar-refractivity contribution in [3.8, 4) is 0 Å². The van der Waals surface area contributed by atoms with Crippen molar-refractivity contribution >= 4 is 29.1 Å². The van der Waals surface area contributed by atoms with Crippen molar-refractivity contribution in [3.63, 3.8) is 0 Å². The number of benzene rings is 1. The van der Waals surface area contributed by atoms with Crippen molar-refractivity contribution < 1.29 is 14.4 Å². The Kier molecular flexibility index (Phi) is 6.77. The van der Waals surface area contributed by atoms with E-state index in [-0.39, 0.29) is 5.91 Å². The largest absolute Gasteiger partial charge is 0.370 e. The van der Waals surface area contributed by atoms with Gasteiger partial charge in [0.2, 0.25) is 5.91 Å². The van der Waals surface area contributed by atoms with Crippen LogP contribution in [0.5, 0.6) is 0 Å². The first kappa shape index (κ1) is 16.6. The highest BCUT2D eigenvalue weighted by atomic mass is 35.5. The summed E-state index contributed by atoms with van der Waals surface area (Å²) >= 11 is 11.8. The second-order valence-corrected chi connectivity index (χ2v) is 6.06. The minimum atomic E-state index is 0.0189. The zero-order chi connectivity index (χ0) is 15.1. The molecule has 1 fully saturated rings. The highest BCUT2D eigenvalue weighted by molar-refractivity contribution is 6.42. The molecule has 1 saturated heterocycles. The van der Waals surface area contributed by atoms with Crippen LogP contribution in [-0.2, 0) is 16.0 Å². The molecule has 0 spiro atoms. The minimum Gasteiger partial charge on any atom is -0.370 e. The molecule has 1 heterocycles. The molecule has 4 nitrogen and oxygen atoms in total. The van der Waals surface area contributed by atoms with Gasteiger partial charge in [0.15, 0.2) is 0 Å². The molecule has 0 aliphatic carbocycles. The standard InChI is InChI=1S/C15H20Cl2N2O2/c16-13-3-2-12(10-14(13)17)11-15(20)18-4-1-5-19-6-8-21-9-7-19/h2-3,10H,1,4-9,11H2,(H,18,20)/p+1. The minimum absolute atomic E-state index is 0.0189. The molecule has 0 radical (unpaired) electrons. The topological polar surface area (TPSA) is 42.8 Å². The average Bonchev–Trinajstić information content (AvgIpc) is 2.49. The fourth-order valence-electron chi connectivity index (χ4n) is 2.37. The second kappa shape index (κ2) is 8.59. The third-order valence-electron chi connectivity index (χ3n) is 3.58. The van der Waals surface area contributed by atoms with Crippen LogP contribution in [0.15, 0.2) is 18.2 Å². The quantitative estimate of drug-likeness (QED) is 0.762. The molecule has 116 valence electrons. The Morgan fingerprint density at radius 2 is 2.00 bits per heavy atom. The number of hydrogen-bond acceptors (Lipinski definition) is 2. The van der Waals surface area contributed by atoms with E-state index in [4.69, 9.17) is 27.9 Å². The van der Waals surface area contributed by atoms with Crippen molar-refractivity contribution in [2.24, 2.45) is 0 Å². The van der Waals surface area contributed by atoms with E-state index in [0.717, 1.165) is 44.8 Å². The second-order valence-electron chi connectivity index (χ2n) is 5.24. The van der Waals surface area contributed by atoms with Crippen molar-refractivity contribution in [2.45, 2.75) is 12.8 Å². The summed E-state index contributed by atoms with van der Waals surface area (Å²) in [4.78, 5) is 13.4. The van der Waals surface area contributed by atoms with Crippen LogP contribution in [0.3, 0.4) is 0 Å². The molecule has 1 aliphatic rings. The molecule has 0 unspecified atom stereocenters. The zero-order valence-corrected chi connectivity index (χ0v) is 13.5. The zero-order valence-electron chi connectivity index (χ0n) is 12.0. The monoisotopic (exact) mass is 331 g/mol. The number of rotatable bonds is 6. The molecule has 21 heavy (non-hydrogen) atoms. The van der Waals surface area contributed by atoms with Crippen LogP contribution in [0, 0.1) is 0 Å². The van der Waals surface area contributed by atoms with Gasteiger partial charge in [-0.1, -0.05) is 29.3 Å². The highest BCUT2D eigenvalue weighted by Gasteiger charge is 2.13. The predicted octanol–water partition coefficient (Wildman–Crippen LogP) is 0.957. The molecule has 1 aliphatic heterocycles. The van der Waals surface area contributed by atoms with E-state index in [1.807, 2.05) is 6.07 Å². The first-order valence-corrected chi connectivity index (χ1v) is 8.02. The molecule has 2 N–H and O–H groups in total. The van der Waals surface area contributed by atoms with Crippen molar-refractivity contribution in [3.05, 3.63) is 33.8 Å². The fraction of sp³-hybridized carbons (Fsp3) is 0.533. The van der Waals surface area contributed by atoms with E-state index in [0.29, 0.717) is 23.0 Å². The van der Waals surface area contributed by atoms with Crippen molar-refractivity contribution in [1.29, 1.82) is 0 Å². The van der Waals surface area contributed by atoms with E-state index < -0.39 is 0 Å². The Hall–Kier alpha value is -0.810. The molecule has 1 amide bonds. The third-order valence-corrected chi connectivity index (χ3v) is 4.32. The lowest BCUT2D eigenvalue weighted by Gasteiger charge is -2.23. The molecule has 0 atom stereocenters. The molecule has 0 bridgehead atoms. The lowest BCUT2D eigenvalue weighted by atomic mass is 10.1. The Morgan fingerprint density at radius 3 is 2.71 bits per heavy atom. The van der Waals surface area contributed by atoms with Crippen LogP contribution in [0.2, 0.25) is 10.0 Å². The number of carbonyl (C=O) groups excluding carboxylic acids is 1. The normalized spacial score (nSPS) is 15.9. The van der Waals surface area contributed by atoms with E-state index in [1.54, 1.807) is 17.0 Å². The summed E-state index contributed by atoms with van der Waals surface area (Å²) in [7, 11) is 0. The summed E-state index contributed by atoms with van der Waals surface area (Å²) in [6.45, 7) is 5.62. The summed E-state index contributed by atoms with van der Waals surface area (Å²) in [5.74, 6) is 0.0189. The number of carbonyl (C=O) groups is 1. The van der Waals surface area contributed by atoms with Gasteiger partial charge < -0.3 is 15.0 Å². The van der Waals surface area contributed by atoms with Crippen molar-refractivity contribution in [1.82, 2.24) is 5.32 Å². The molecular weight excluding hydrogens is 311 g/mol. The molecular formula is C15H21Cl2N2O2+. The Bertz CT molecular complexity index is 477. The maximum atomic E-state index is 11.8. The van der Waals surface area contributed by atoms with Gasteiger partial charge in [-0.25, -0.2) is 0 Å². The average molecular weight is 332 g/mol. The van der Waals surface area contributed by atoms with Gasteiger partial charge in [0.25, 0.3) is 0 Å². The van der Waals surface area contributed by atoms with Crippen LogP contribution >= 0.6 is 23.2 Å². The number of ether oxygens (including phenoxy) is 1. The van der Waals surface area contributed by atoms with E-state index in [1.165, 1.54) is 0 Å².